The Hall–Kier alpha value is -1.92. The highest BCUT2D eigenvalue weighted by molar-refractivity contribution is 5.98. The van der Waals surface area contributed by atoms with Gasteiger partial charge < -0.3 is 15.4 Å². The standard InChI is InChI=1S/C26H37N3O3/c30-24(6-1-2-7-29-8-10-32-11-9-29)22-4-3-5-23(15-22)27-25(31)28-26-16-19-12-20(17-26)14-21(13-19)18-26/h3-5,15,19-21H,1-2,6-14,16-18H2,(H2,27,28,31). The summed E-state index contributed by atoms with van der Waals surface area (Å²) in [7, 11) is 0. The topological polar surface area (TPSA) is 70.7 Å². The predicted octanol–water partition coefficient (Wildman–Crippen LogP) is 4.46. The van der Waals surface area contributed by atoms with Crippen molar-refractivity contribution in [3.8, 4) is 0 Å². The Kier molecular flexibility index (Phi) is 6.51. The lowest BCUT2D eigenvalue weighted by atomic mass is 9.53. The Morgan fingerprint density at radius 2 is 1.69 bits per heavy atom. The van der Waals surface area contributed by atoms with E-state index in [1.807, 2.05) is 24.3 Å². The number of ketones is 1. The van der Waals surface area contributed by atoms with Crippen LogP contribution in [0.3, 0.4) is 0 Å². The fourth-order valence-electron chi connectivity index (χ4n) is 7.03. The van der Waals surface area contributed by atoms with Gasteiger partial charge in [-0.2, -0.15) is 0 Å². The van der Waals surface area contributed by atoms with E-state index in [9.17, 15) is 9.59 Å². The first-order valence-electron chi connectivity index (χ1n) is 12.6. The third kappa shape index (κ3) is 5.18. The minimum absolute atomic E-state index is 0.00720. The molecule has 1 aromatic carbocycles. The molecule has 1 aromatic rings. The second kappa shape index (κ2) is 9.52. The maximum atomic E-state index is 12.8. The van der Waals surface area contributed by atoms with Gasteiger partial charge in [-0.3, -0.25) is 9.69 Å². The molecule has 1 saturated heterocycles. The van der Waals surface area contributed by atoms with E-state index in [1.165, 1.54) is 19.3 Å². The molecule has 174 valence electrons. The van der Waals surface area contributed by atoms with Crippen LogP contribution in [0.4, 0.5) is 10.5 Å². The molecular formula is C26H37N3O3. The van der Waals surface area contributed by atoms with E-state index in [0.29, 0.717) is 17.7 Å². The number of Topliss-reactive ketones (excluding diaryl/α,β-unsaturated/α-hetero) is 1. The maximum Gasteiger partial charge on any atom is 0.319 e. The Morgan fingerprint density at radius 3 is 2.38 bits per heavy atom. The molecule has 0 spiro atoms. The molecule has 4 aliphatic carbocycles. The molecule has 2 N–H and O–H groups in total. The van der Waals surface area contributed by atoms with E-state index in [-0.39, 0.29) is 17.4 Å². The number of rotatable bonds is 8. The first kappa shape index (κ1) is 21.9. The first-order valence-corrected chi connectivity index (χ1v) is 12.6. The molecule has 6 nitrogen and oxygen atoms in total. The van der Waals surface area contributed by atoms with Crippen molar-refractivity contribution in [2.75, 3.05) is 38.2 Å². The van der Waals surface area contributed by atoms with Gasteiger partial charge in [-0.1, -0.05) is 12.1 Å². The maximum absolute atomic E-state index is 12.8. The first-order chi connectivity index (χ1) is 15.6. The summed E-state index contributed by atoms with van der Waals surface area (Å²) in [5.74, 6) is 2.54. The molecule has 6 heteroatoms. The van der Waals surface area contributed by atoms with Crippen molar-refractivity contribution in [2.24, 2.45) is 17.8 Å². The minimum Gasteiger partial charge on any atom is -0.379 e. The third-order valence-corrected chi connectivity index (χ3v) is 8.09. The number of carbonyl (C=O) groups excluding carboxylic acids is 2. The van der Waals surface area contributed by atoms with E-state index >= 15 is 0 Å². The van der Waals surface area contributed by atoms with Crippen LogP contribution >= 0.6 is 0 Å². The van der Waals surface area contributed by atoms with Crippen LogP contribution in [0, 0.1) is 17.8 Å². The monoisotopic (exact) mass is 439 g/mol. The van der Waals surface area contributed by atoms with Gasteiger partial charge >= 0.3 is 6.03 Å². The number of hydrogen-bond donors (Lipinski definition) is 2. The zero-order valence-corrected chi connectivity index (χ0v) is 19.1. The lowest BCUT2D eigenvalue weighted by molar-refractivity contribution is -0.0127. The molecule has 1 aliphatic heterocycles. The van der Waals surface area contributed by atoms with E-state index in [0.717, 1.165) is 82.7 Å². The molecule has 0 unspecified atom stereocenters. The van der Waals surface area contributed by atoms with Crippen molar-refractivity contribution >= 4 is 17.5 Å². The van der Waals surface area contributed by atoms with Crippen LogP contribution in [-0.2, 0) is 4.74 Å². The molecule has 32 heavy (non-hydrogen) atoms. The summed E-state index contributed by atoms with van der Waals surface area (Å²) < 4.78 is 5.38. The van der Waals surface area contributed by atoms with Gasteiger partial charge in [0, 0.05) is 36.3 Å². The summed E-state index contributed by atoms with van der Waals surface area (Å²) >= 11 is 0. The minimum atomic E-state index is -0.123. The summed E-state index contributed by atoms with van der Waals surface area (Å²) in [4.78, 5) is 27.9. The van der Waals surface area contributed by atoms with E-state index < -0.39 is 0 Å². The second-order valence-corrected chi connectivity index (χ2v) is 10.7. The van der Waals surface area contributed by atoms with Crippen LogP contribution in [0.15, 0.2) is 24.3 Å². The summed E-state index contributed by atoms with van der Waals surface area (Å²) in [5.41, 5.74) is 1.38. The highest BCUT2D eigenvalue weighted by Gasteiger charge is 2.51. The average molecular weight is 440 g/mol. The summed E-state index contributed by atoms with van der Waals surface area (Å²) in [6.07, 6.45) is 9.95. The molecule has 5 fully saturated rings. The third-order valence-electron chi connectivity index (χ3n) is 8.09. The van der Waals surface area contributed by atoms with Crippen molar-refractivity contribution in [2.45, 2.75) is 63.3 Å². The molecule has 0 atom stereocenters. The Balaban J connectivity index is 1.10. The fraction of sp³-hybridized carbons (Fsp3) is 0.692. The lowest BCUT2D eigenvalue weighted by Crippen LogP contribution is -2.60. The van der Waals surface area contributed by atoms with Crippen LogP contribution in [0.5, 0.6) is 0 Å². The van der Waals surface area contributed by atoms with Gasteiger partial charge in [0.25, 0.3) is 0 Å². The molecule has 0 aromatic heterocycles. The smallest absolute Gasteiger partial charge is 0.319 e. The zero-order valence-electron chi connectivity index (χ0n) is 19.1. The van der Waals surface area contributed by atoms with Gasteiger partial charge in [-0.25, -0.2) is 4.79 Å². The van der Waals surface area contributed by atoms with Crippen LogP contribution < -0.4 is 10.6 Å². The molecule has 4 saturated carbocycles. The van der Waals surface area contributed by atoms with Crippen LogP contribution in [0.25, 0.3) is 0 Å². The number of unbranched alkanes of at least 4 members (excludes halogenated alkanes) is 1. The van der Waals surface area contributed by atoms with Crippen molar-refractivity contribution in [3.05, 3.63) is 29.8 Å². The number of urea groups is 1. The SMILES string of the molecule is O=C(Nc1cccc(C(=O)CCCCN2CCOCC2)c1)NC12CC3CC(CC(C3)C1)C2. The molecule has 1 heterocycles. The second-order valence-electron chi connectivity index (χ2n) is 10.7. The molecule has 5 aliphatic rings. The normalized spacial score (nSPS) is 31.4. The average Bonchev–Trinajstić information content (AvgIpc) is 2.76. The Morgan fingerprint density at radius 1 is 1.00 bits per heavy atom. The van der Waals surface area contributed by atoms with Crippen LogP contribution in [0.2, 0.25) is 0 Å². The number of nitrogens with zero attached hydrogens (tertiary/aromatic N) is 1. The van der Waals surface area contributed by atoms with Crippen molar-refractivity contribution in [3.63, 3.8) is 0 Å². The van der Waals surface area contributed by atoms with Gasteiger partial charge in [-0.05, 0) is 87.8 Å². The number of amides is 2. The van der Waals surface area contributed by atoms with Gasteiger partial charge in [0.1, 0.15) is 0 Å². The van der Waals surface area contributed by atoms with Crippen LogP contribution in [-0.4, -0.2) is 55.1 Å². The quantitative estimate of drug-likeness (QED) is 0.463. The van der Waals surface area contributed by atoms with E-state index in [4.69, 9.17) is 4.74 Å². The summed E-state index contributed by atoms with van der Waals surface area (Å²) in [6.45, 7) is 4.65. The molecule has 0 radical (unpaired) electrons. The molecule has 2 amide bonds. The number of morpholine rings is 1. The number of benzene rings is 1. The lowest BCUT2D eigenvalue weighted by Gasteiger charge is -2.56. The predicted molar refractivity (Wildman–Crippen MR) is 125 cm³/mol. The number of carbonyl (C=O) groups is 2. The van der Waals surface area contributed by atoms with Crippen molar-refractivity contribution in [1.82, 2.24) is 10.2 Å². The van der Waals surface area contributed by atoms with E-state index in [1.54, 1.807) is 0 Å². The number of anilines is 1. The summed E-state index contributed by atoms with van der Waals surface area (Å²) in [6, 6.07) is 7.29. The summed E-state index contributed by atoms with van der Waals surface area (Å²) in [5, 5.41) is 6.35. The van der Waals surface area contributed by atoms with Gasteiger partial charge in [0.05, 0.1) is 13.2 Å². The Bertz CT molecular complexity index is 798. The van der Waals surface area contributed by atoms with Crippen molar-refractivity contribution in [1.29, 1.82) is 0 Å². The van der Waals surface area contributed by atoms with Gasteiger partial charge in [-0.15, -0.1) is 0 Å². The highest BCUT2D eigenvalue weighted by atomic mass is 16.5. The number of ether oxygens (including phenoxy) is 1. The number of hydrogen-bond acceptors (Lipinski definition) is 4. The van der Waals surface area contributed by atoms with Gasteiger partial charge in [0.15, 0.2) is 5.78 Å². The van der Waals surface area contributed by atoms with Crippen molar-refractivity contribution < 1.29 is 14.3 Å². The van der Waals surface area contributed by atoms with Crippen LogP contribution in [0.1, 0.15) is 68.1 Å². The zero-order chi connectivity index (χ0) is 22.0. The molecular weight excluding hydrogens is 402 g/mol. The highest BCUT2D eigenvalue weighted by Crippen LogP contribution is 2.55. The van der Waals surface area contributed by atoms with E-state index in [2.05, 4.69) is 15.5 Å². The van der Waals surface area contributed by atoms with Gasteiger partial charge in [0.2, 0.25) is 0 Å². The largest absolute Gasteiger partial charge is 0.379 e. The Labute approximate surface area is 191 Å². The molecule has 4 bridgehead atoms. The fourth-order valence-corrected chi connectivity index (χ4v) is 7.03. The molecule has 6 rings (SSSR count). The number of nitrogens with one attached hydrogen (secondary N) is 2.